The number of hydrogen-bond donors (Lipinski definition) is 1. The van der Waals surface area contributed by atoms with Gasteiger partial charge in [-0.05, 0) is 24.6 Å². The lowest BCUT2D eigenvalue weighted by atomic mass is 10.1. The maximum Gasteiger partial charge on any atom is 0.412 e. The largest absolute Gasteiger partial charge is 0.412 e. The van der Waals surface area contributed by atoms with Gasteiger partial charge in [0.1, 0.15) is 5.82 Å². The van der Waals surface area contributed by atoms with E-state index in [1.165, 1.54) is 0 Å². The minimum absolute atomic E-state index is 0.0721. The number of nitrogens with zero attached hydrogens (tertiary/aromatic N) is 1. The summed E-state index contributed by atoms with van der Waals surface area (Å²) in [6.45, 7) is -0.725. The van der Waals surface area contributed by atoms with Crippen molar-refractivity contribution < 1.29 is 26.0 Å². The average molecular weight is 324 g/mol. The Hall–Kier alpha value is -1.61. The van der Waals surface area contributed by atoms with Crippen molar-refractivity contribution in [1.29, 1.82) is 0 Å². The molecule has 21 heavy (non-hydrogen) atoms. The Morgan fingerprint density at radius 3 is 2.33 bits per heavy atom. The van der Waals surface area contributed by atoms with Crippen LogP contribution in [0.1, 0.15) is 6.42 Å². The summed E-state index contributed by atoms with van der Waals surface area (Å²) in [5.74, 6) is -0.822. The van der Waals surface area contributed by atoms with Gasteiger partial charge in [0.25, 0.3) is 0 Å². The molecule has 1 aromatic carbocycles. The van der Waals surface area contributed by atoms with Gasteiger partial charge in [0.05, 0.1) is 4.90 Å². The molecule has 9 heteroatoms. The van der Waals surface area contributed by atoms with Crippen molar-refractivity contribution in [3.63, 3.8) is 0 Å². The van der Waals surface area contributed by atoms with Crippen molar-refractivity contribution in [3.05, 3.63) is 35.7 Å². The molecule has 0 saturated heterocycles. The number of nitrogen functional groups attached to an aromatic ring is 1. The first-order valence-corrected chi connectivity index (χ1v) is 7.37. The molecule has 1 aromatic rings. The van der Waals surface area contributed by atoms with Gasteiger partial charge in [-0.15, -0.1) is 0 Å². The van der Waals surface area contributed by atoms with Crippen LogP contribution in [0.15, 0.2) is 34.7 Å². The molecular formula is C12H12F4N2O2S. The standard InChI is InChI=1S/C12H12F4N2O2S/c13-9-5-10(17)7-11(6-9)21(19,20)18-3-1-8(2-4-18)12(14,15)16/h1,5-7H,2-4,17H2. The minimum atomic E-state index is -4.46. The Kier molecular flexibility index (Phi) is 3.98. The fourth-order valence-corrected chi connectivity index (χ4v) is 3.46. The summed E-state index contributed by atoms with van der Waals surface area (Å²) >= 11 is 0. The number of benzene rings is 1. The molecular weight excluding hydrogens is 312 g/mol. The molecule has 4 nitrogen and oxygen atoms in total. The zero-order valence-electron chi connectivity index (χ0n) is 10.7. The predicted molar refractivity (Wildman–Crippen MR) is 68.3 cm³/mol. The highest BCUT2D eigenvalue weighted by atomic mass is 32.2. The Labute approximate surface area is 118 Å². The number of alkyl halides is 3. The van der Waals surface area contributed by atoms with Crippen LogP contribution in [0.2, 0.25) is 0 Å². The Morgan fingerprint density at radius 1 is 1.19 bits per heavy atom. The van der Waals surface area contributed by atoms with Crippen LogP contribution < -0.4 is 5.73 Å². The summed E-state index contributed by atoms with van der Waals surface area (Å²) in [4.78, 5) is -0.371. The van der Waals surface area contributed by atoms with Crippen LogP contribution in [0.3, 0.4) is 0 Å². The van der Waals surface area contributed by atoms with Crippen molar-refractivity contribution in [2.45, 2.75) is 17.5 Å². The van der Waals surface area contributed by atoms with Gasteiger partial charge in [0.2, 0.25) is 10.0 Å². The fraction of sp³-hybridized carbons (Fsp3) is 0.333. The Morgan fingerprint density at radius 2 is 1.86 bits per heavy atom. The fourth-order valence-electron chi connectivity index (χ4n) is 2.01. The second-order valence-electron chi connectivity index (χ2n) is 4.56. The topological polar surface area (TPSA) is 63.4 Å². The molecule has 0 amide bonds. The zero-order chi connectivity index (χ0) is 15.8. The highest BCUT2D eigenvalue weighted by Gasteiger charge is 2.37. The van der Waals surface area contributed by atoms with E-state index in [-0.39, 0.29) is 17.1 Å². The minimum Gasteiger partial charge on any atom is -0.399 e. The van der Waals surface area contributed by atoms with Crippen molar-refractivity contribution in [3.8, 4) is 0 Å². The molecule has 0 fully saturated rings. The molecule has 0 aliphatic carbocycles. The van der Waals surface area contributed by atoms with E-state index in [1.807, 2.05) is 0 Å². The molecule has 1 heterocycles. The Balaban J connectivity index is 2.28. The van der Waals surface area contributed by atoms with E-state index >= 15 is 0 Å². The number of sulfonamides is 1. The van der Waals surface area contributed by atoms with Crippen molar-refractivity contribution in [2.24, 2.45) is 0 Å². The van der Waals surface area contributed by atoms with Gasteiger partial charge >= 0.3 is 6.18 Å². The van der Waals surface area contributed by atoms with E-state index in [2.05, 4.69) is 0 Å². The average Bonchev–Trinajstić information content (AvgIpc) is 2.36. The third-order valence-corrected chi connectivity index (χ3v) is 4.91. The van der Waals surface area contributed by atoms with Gasteiger partial charge in [0.15, 0.2) is 0 Å². The molecule has 116 valence electrons. The smallest absolute Gasteiger partial charge is 0.399 e. The monoisotopic (exact) mass is 324 g/mol. The summed E-state index contributed by atoms with van der Waals surface area (Å²) < 4.78 is 76.0. The summed E-state index contributed by atoms with van der Waals surface area (Å²) in [5.41, 5.74) is 4.55. The van der Waals surface area contributed by atoms with E-state index in [0.29, 0.717) is 0 Å². The summed E-state index contributed by atoms with van der Waals surface area (Å²) in [6, 6.07) is 2.81. The molecule has 0 atom stereocenters. The number of nitrogens with two attached hydrogens (primary N) is 1. The third kappa shape index (κ3) is 3.35. The van der Waals surface area contributed by atoms with Gasteiger partial charge < -0.3 is 5.73 Å². The van der Waals surface area contributed by atoms with Crippen molar-refractivity contribution in [2.75, 3.05) is 18.8 Å². The maximum absolute atomic E-state index is 13.2. The summed E-state index contributed by atoms with van der Waals surface area (Å²) in [6.07, 6.45) is -4.07. The van der Waals surface area contributed by atoms with Crippen LogP contribution in [0.5, 0.6) is 0 Å². The normalized spacial score (nSPS) is 17.6. The van der Waals surface area contributed by atoms with E-state index in [0.717, 1.165) is 28.6 Å². The van der Waals surface area contributed by atoms with Crippen LogP contribution >= 0.6 is 0 Å². The third-order valence-electron chi connectivity index (χ3n) is 3.07. The van der Waals surface area contributed by atoms with Crippen LogP contribution in [-0.4, -0.2) is 32.0 Å². The molecule has 0 saturated carbocycles. The van der Waals surface area contributed by atoms with Crippen LogP contribution in [-0.2, 0) is 10.0 Å². The highest BCUT2D eigenvalue weighted by molar-refractivity contribution is 7.89. The second-order valence-corrected chi connectivity index (χ2v) is 6.50. The van der Waals surface area contributed by atoms with Crippen LogP contribution in [0.4, 0.5) is 23.2 Å². The van der Waals surface area contributed by atoms with Crippen LogP contribution in [0, 0.1) is 5.82 Å². The number of halogens is 4. The predicted octanol–water partition coefficient (Wildman–Crippen LogP) is 2.29. The van der Waals surface area contributed by atoms with Crippen molar-refractivity contribution >= 4 is 15.7 Å². The first kappa shape index (κ1) is 15.8. The van der Waals surface area contributed by atoms with Gasteiger partial charge in [-0.1, -0.05) is 6.08 Å². The van der Waals surface area contributed by atoms with Gasteiger partial charge in [-0.2, -0.15) is 17.5 Å². The SMILES string of the molecule is Nc1cc(F)cc(S(=O)(=O)N2CC=C(C(F)(F)F)CC2)c1. The van der Waals surface area contributed by atoms with E-state index in [4.69, 9.17) is 5.73 Å². The first-order valence-electron chi connectivity index (χ1n) is 5.93. The second kappa shape index (κ2) is 5.30. The molecule has 2 N–H and O–H groups in total. The van der Waals surface area contributed by atoms with E-state index in [1.54, 1.807) is 0 Å². The van der Waals surface area contributed by atoms with E-state index < -0.39 is 40.6 Å². The van der Waals surface area contributed by atoms with Crippen molar-refractivity contribution in [1.82, 2.24) is 4.31 Å². The maximum atomic E-state index is 13.2. The molecule has 1 aliphatic heterocycles. The zero-order valence-corrected chi connectivity index (χ0v) is 11.5. The number of anilines is 1. The molecule has 0 unspecified atom stereocenters. The highest BCUT2D eigenvalue weighted by Crippen LogP contribution is 2.31. The van der Waals surface area contributed by atoms with E-state index in [9.17, 15) is 26.0 Å². The molecule has 0 bridgehead atoms. The molecule has 2 rings (SSSR count). The van der Waals surface area contributed by atoms with Gasteiger partial charge in [0, 0.05) is 24.4 Å². The first-order chi connectivity index (χ1) is 9.60. The lowest BCUT2D eigenvalue weighted by molar-refractivity contribution is -0.0953. The summed E-state index contributed by atoms with van der Waals surface area (Å²) in [5, 5.41) is 0. The molecule has 0 aromatic heterocycles. The quantitative estimate of drug-likeness (QED) is 0.516. The number of hydrogen-bond acceptors (Lipinski definition) is 3. The Bertz CT molecular complexity index is 663. The lowest BCUT2D eigenvalue weighted by Crippen LogP contribution is -2.36. The number of rotatable bonds is 2. The lowest BCUT2D eigenvalue weighted by Gasteiger charge is -2.26. The van der Waals surface area contributed by atoms with Crippen LogP contribution in [0.25, 0.3) is 0 Å². The molecule has 0 radical (unpaired) electrons. The van der Waals surface area contributed by atoms with Gasteiger partial charge in [-0.3, -0.25) is 0 Å². The molecule has 0 spiro atoms. The summed E-state index contributed by atoms with van der Waals surface area (Å²) in [7, 11) is -4.07. The van der Waals surface area contributed by atoms with Gasteiger partial charge in [-0.25, -0.2) is 12.8 Å². The molecule has 1 aliphatic rings.